The van der Waals surface area contributed by atoms with E-state index in [1.54, 1.807) is 30.3 Å². The number of nitrogens with zero attached hydrogens (tertiary/aromatic N) is 2. The molecule has 0 saturated carbocycles. The van der Waals surface area contributed by atoms with Gasteiger partial charge in [0.1, 0.15) is 5.01 Å². The zero-order valence-electron chi connectivity index (χ0n) is 14.8. The van der Waals surface area contributed by atoms with E-state index < -0.39 is 0 Å². The Morgan fingerprint density at radius 3 is 2.21 bits per heavy atom. The van der Waals surface area contributed by atoms with Crippen LogP contribution in [0.15, 0.2) is 42.5 Å². The van der Waals surface area contributed by atoms with Gasteiger partial charge in [0.2, 0.25) is 5.13 Å². The summed E-state index contributed by atoms with van der Waals surface area (Å²) in [7, 11) is 0. The van der Waals surface area contributed by atoms with Gasteiger partial charge in [-0.2, -0.15) is 0 Å². The van der Waals surface area contributed by atoms with E-state index in [0.29, 0.717) is 32.0 Å². The molecule has 3 rings (SSSR count). The van der Waals surface area contributed by atoms with Gasteiger partial charge in [-0.25, -0.2) is 0 Å². The summed E-state index contributed by atoms with van der Waals surface area (Å²) < 4.78 is 0. The molecule has 1 aromatic heterocycles. The Hall–Kier alpha value is -2.48. The Morgan fingerprint density at radius 1 is 0.929 bits per heavy atom. The summed E-state index contributed by atoms with van der Waals surface area (Å²) in [5.74, 6) is -0.641. The van der Waals surface area contributed by atoms with Gasteiger partial charge in [0.05, 0.1) is 0 Å². The first-order valence-electron chi connectivity index (χ1n) is 8.46. The van der Waals surface area contributed by atoms with E-state index in [1.807, 2.05) is 0 Å². The lowest BCUT2D eigenvalue weighted by molar-refractivity contribution is 0.102. The molecule has 2 aromatic carbocycles. The van der Waals surface area contributed by atoms with Crippen LogP contribution in [0.2, 0.25) is 10.0 Å². The minimum absolute atomic E-state index is 0.293. The summed E-state index contributed by atoms with van der Waals surface area (Å²) in [6.07, 6.45) is 1.80. The molecule has 0 aliphatic carbocycles. The molecule has 1 heterocycles. The molecule has 0 radical (unpaired) electrons. The maximum Gasteiger partial charge on any atom is 0.257 e. The van der Waals surface area contributed by atoms with Gasteiger partial charge in [0.25, 0.3) is 11.8 Å². The highest BCUT2D eigenvalue weighted by Gasteiger charge is 2.12. The van der Waals surface area contributed by atoms with Crippen molar-refractivity contribution in [3.8, 4) is 0 Å². The molecule has 144 valence electrons. The van der Waals surface area contributed by atoms with Crippen molar-refractivity contribution in [2.24, 2.45) is 0 Å². The average Bonchev–Trinajstić information content (AvgIpc) is 3.08. The summed E-state index contributed by atoms with van der Waals surface area (Å²) in [6, 6.07) is 11.1. The quantitative estimate of drug-likeness (QED) is 0.550. The Morgan fingerprint density at radius 2 is 1.57 bits per heavy atom. The molecule has 0 bridgehead atoms. The van der Waals surface area contributed by atoms with Crippen molar-refractivity contribution >= 4 is 57.2 Å². The number of carbonyl (C=O) groups is 2. The van der Waals surface area contributed by atoms with Crippen LogP contribution in [-0.2, 0) is 6.42 Å². The molecule has 0 aliphatic heterocycles. The molecular weight excluding hydrogens is 419 g/mol. The van der Waals surface area contributed by atoms with E-state index in [0.717, 1.165) is 17.8 Å². The zero-order valence-corrected chi connectivity index (χ0v) is 17.2. The van der Waals surface area contributed by atoms with Crippen molar-refractivity contribution in [2.75, 3.05) is 10.6 Å². The monoisotopic (exact) mass is 434 g/mol. The molecule has 0 saturated heterocycles. The van der Waals surface area contributed by atoms with Crippen molar-refractivity contribution in [1.29, 1.82) is 0 Å². The molecule has 9 heteroatoms. The van der Waals surface area contributed by atoms with Crippen LogP contribution in [0.5, 0.6) is 0 Å². The van der Waals surface area contributed by atoms with Crippen LogP contribution in [0.3, 0.4) is 0 Å². The SMILES string of the molecule is CCCc1nnc(NC(=O)c2ccc(NC(=O)c3cc(Cl)cc(Cl)c3)cc2)s1. The summed E-state index contributed by atoms with van der Waals surface area (Å²) in [5.41, 5.74) is 1.33. The van der Waals surface area contributed by atoms with E-state index in [9.17, 15) is 9.59 Å². The largest absolute Gasteiger partial charge is 0.322 e. The number of hydrogen-bond acceptors (Lipinski definition) is 5. The van der Waals surface area contributed by atoms with Gasteiger partial charge in [-0.3, -0.25) is 14.9 Å². The van der Waals surface area contributed by atoms with Crippen LogP contribution in [0.4, 0.5) is 10.8 Å². The number of anilines is 2. The lowest BCUT2D eigenvalue weighted by Crippen LogP contribution is -2.13. The number of aromatic nitrogens is 2. The maximum absolute atomic E-state index is 12.3. The molecule has 0 atom stereocenters. The van der Waals surface area contributed by atoms with Crippen molar-refractivity contribution in [1.82, 2.24) is 10.2 Å². The number of nitrogens with one attached hydrogen (secondary N) is 2. The molecule has 3 aromatic rings. The van der Waals surface area contributed by atoms with Crippen molar-refractivity contribution in [2.45, 2.75) is 19.8 Å². The average molecular weight is 435 g/mol. The first-order valence-corrected chi connectivity index (χ1v) is 10.0. The highest BCUT2D eigenvalue weighted by Crippen LogP contribution is 2.21. The van der Waals surface area contributed by atoms with Gasteiger partial charge in [-0.15, -0.1) is 10.2 Å². The Kier molecular flexibility index (Phi) is 6.61. The smallest absolute Gasteiger partial charge is 0.257 e. The van der Waals surface area contributed by atoms with Crippen LogP contribution in [-0.4, -0.2) is 22.0 Å². The minimum atomic E-state index is -0.348. The lowest BCUT2D eigenvalue weighted by Gasteiger charge is -2.07. The number of rotatable bonds is 6. The predicted octanol–water partition coefficient (Wildman–Crippen LogP) is 5.30. The first kappa shape index (κ1) is 20.3. The second kappa shape index (κ2) is 9.14. The third kappa shape index (κ3) is 5.28. The standard InChI is InChI=1S/C19H16Cl2N4O2S/c1-2-3-16-24-25-19(28-16)23-17(26)11-4-6-15(7-5-11)22-18(27)12-8-13(20)10-14(21)9-12/h4-10H,2-3H2,1H3,(H,22,27)(H,23,25,26). The third-order valence-electron chi connectivity index (χ3n) is 3.68. The van der Waals surface area contributed by atoms with Crippen LogP contribution >= 0.6 is 34.5 Å². The number of halogens is 2. The Bertz CT molecular complexity index is 985. The number of hydrogen-bond donors (Lipinski definition) is 2. The molecule has 0 aliphatic rings. The van der Waals surface area contributed by atoms with E-state index in [4.69, 9.17) is 23.2 Å². The lowest BCUT2D eigenvalue weighted by atomic mass is 10.1. The fourth-order valence-electron chi connectivity index (χ4n) is 2.38. The molecule has 0 fully saturated rings. The third-order valence-corrected chi connectivity index (χ3v) is 5.02. The van der Waals surface area contributed by atoms with Crippen LogP contribution in [0.1, 0.15) is 39.1 Å². The predicted molar refractivity (Wildman–Crippen MR) is 113 cm³/mol. The molecule has 2 N–H and O–H groups in total. The Balaban J connectivity index is 1.63. The normalized spacial score (nSPS) is 10.5. The molecule has 2 amide bonds. The molecule has 0 spiro atoms. The fourth-order valence-corrected chi connectivity index (χ4v) is 3.74. The van der Waals surface area contributed by atoms with E-state index >= 15 is 0 Å². The molecule has 0 unspecified atom stereocenters. The molecule has 6 nitrogen and oxygen atoms in total. The van der Waals surface area contributed by atoms with E-state index in [2.05, 4.69) is 27.8 Å². The summed E-state index contributed by atoms with van der Waals surface area (Å²) in [5, 5.41) is 15.6. The number of benzene rings is 2. The Labute approximate surface area is 175 Å². The maximum atomic E-state index is 12.3. The zero-order chi connectivity index (χ0) is 20.1. The number of amides is 2. The van der Waals surface area contributed by atoms with Crippen LogP contribution in [0.25, 0.3) is 0 Å². The number of aryl methyl sites for hydroxylation is 1. The van der Waals surface area contributed by atoms with Crippen molar-refractivity contribution < 1.29 is 9.59 Å². The van der Waals surface area contributed by atoms with Gasteiger partial charge >= 0.3 is 0 Å². The topological polar surface area (TPSA) is 84.0 Å². The second-order valence-corrected chi connectivity index (χ2v) is 7.83. The van der Waals surface area contributed by atoms with Crippen LogP contribution < -0.4 is 10.6 Å². The van der Waals surface area contributed by atoms with Gasteiger partial charge in [-0.1, -0.05) is 41.5 Å². The summed E-state index contributed by atoms with van der Waals surface area (Å²) in [6.45, 7) is 2.06. The van der Waals surface area contributed by atoms with Gasteiger partial charge in [0.15, 0.2) is 0 Å². The highest BCUT2D eigenvalue weighted by atomic mass is 35.5. The van der Waals surface area contributed by atoms with Crippen LogP contribution in [0, 0.1) is 0 Å². The molecule has 28 heavy (non-hydrogen) atoms. The molecular formula is C19H16Cl2N4O2S. The van der Waals surface area contributed by atoms with Gasteiger partial charge < -0.3 is 5.32 Å². The number of carbonyl (C=O) groups excluding carboxylic acids is 2. The second-order valence-electron chi connectivity index (χ2n) is 5.89. The first-order chi connectivity index (χ1) is 13.4. The fraction of sp³-hybridized carbons (Fsp3) is 0.158. The van der Waals surface area contributed by atoms with Gasteiger partial charge in [0, 0.05) is 33.3 Å². The van der Waals surface area contributed by atoms with Crippen molar-refractivity contribution in [3.05, 3.63) is 68.6 Å². The summed E-state index contributed by atoms with van der Waals surface area (Å²) >= 11 is 13.2. The highest BCUT2D eigenvalue weighted by molar-refractivity contribution is 7.15. The summed E-state index contributed by atoms with van der Waals surface area (Å²) in [4.78, 5) is 24.6. The minimum Gasteiger partial charge on any atom is -0.322 e. The van der Waals surface area contributed by atoms with Gasteiger partial charge in [-0.05, 0) is 48.9 Å². The van der Waals surface area contributed by atoms with E-state index in [1.165, 1.54) is 23.5 Å². The van der Waals surface area contributed by atoms with E-state index in [-0.39, 0.29) is 11.8 Å². The van der Waals surface area contributed by atoms with Crippen molar-refractivity contribution in [3.63, 3.8) is 0 Å².